The molecule has 0 spiro atoms. The fourth-order valence-corrected chi connectivity index (χ4v) is 3.35. The summed E-state index contributed by atoms with van der Waals surface area (Å²) in [4.78, 5) is 14.4. The van der Waals surface area contributed by atoms with E-state index >= 15 is 0 Å². The van der Waals surface area contributed by atoms with Crippen molar-refractivity contribution in [3.8, 4) is 0 Å². The number of nitrogens with one attached hydrogen (secondary N) is 1. The number of aromatic nitrogens is 1. The number of hydrogen-bond donors (Lipinski definition) is 1. The third-order valence-electron chi connectivity index (χ3n) is 3.72. The van der Waals surface area contributed by atoms with Crippen molar-refractivity contribution in [1.29, 1.82) is 0 Å². The second kappa shape index (κ2) is 5.57. The van der Waals surface area contributed by atoms with Crippen LogP contribution in [0.5, 0.6) is 0 Å². The Bertz CT molecular complexity index is 606. The molecule has 0 aliphatic carbocycles. The Morgan fingerprint density at radius 3 is 2.75 bits per heavy atom. The topological polar surface area (TPSA) is 71.4 Å². The first-order valence-electron chi connectivity index (χ1n) is 6.74. The molecule has 20 heavy (non-hydrogen) atoms. The molecule has 1 amide bonds. The molecule has 1 aromatic heterocycles. The number of rotatable bonds is 3. The summed E-state index contributed by atoms with van der Waals surface area (Å²) >= 11 is 0. The van der Waals surface area contributed by atoms with E-state index < -0.39 is 10.0 Å². The molecule has 1 aromatic rings. The Balaban J connectivity index is 2.27. The molecule has 6 nitrogen and oxygen atoms in total. The van der Waals surface area contributed by atoms with Crippen molar-refractivity contribution in [1.82, 2.24) is 14.2 Å². The summed E-state index contributed by atoms with van der Waals surface area (Å²) in [5, 5.41) is 0. The van der Waals surface area contributed by atoms with E-state index in [2.05, 4.69) is 11.6 Å². The molecular weight excluding hydrogens is 278 g/mol. The number of carbonyl (C=O) groups is 1. The van der Waals surface area contributed by atoms with Crippen molar-refractivity contribution in [3.63, 3.8) is 0 Å². The van der Waals surface area contributed by atoms with Gasteiger partial charge in [-0.15, -0.1) is 0 Å². The standard InChI is InChI=1S/C13H21N3O3S/c1-10-5-4-6-16(8-10)13(17)12-7-11(9-15(12)3)20(18,19)14-2/h7,9-10,14H,4-6,8H2,1-3H3/t10-/m0/s1. The first kappa shape index (κ1) is 15.1. The van der Waals surface area contributed by atoms with Gasteiger partial charge in [0.05, 0.1) is 0 Å². The maximum absolute atomic E-state index is 12.5. The van der Waals surface area contributed by atoms with E-state index in [4.69, 9.17) is 0 Å². The Hall–Kier alpha value is -1.34. The zero-order valence-electron chi connectivity index (χ0n) is 12.1. The van der Waals surface area contributed by atoms with E-state index in [1.807, 2.05) is 0 Å². The predicted molar refractivity (Wildman–Crippen MR) is 76.0 cm³/mol. The van der Waals surface area contributed by atoms with Gasteiger partial charge in [0.2, 0.25) is 10.0 Å². The highest BCUT2D eigenvalue weighted by Crippen LogP contribution is 2.20. The Morgan fingerprint density at radius 1 is 1.45 bits per heavy atom. The number of piperidine rings is 1. The summed E-state index contributed by atoms with van der Waals surface area (Å²) in [5.74, 6) is 0.394. The fourth-order valence-electron chi connectivity index (χ4n) is 2.55. The lowest BCUT2D eigenvalue weighted by Gasteiger charge is -2.30. The van der Waals surface area contributed by atoms with Crippen molar-refractivity contribution in [3.05, 3.63) is 18.0 Å². The van der Waals surface area contributed by atoms with E-state index in [1.54, 1.807) is 16.5 Å². The van der Waals surface area contributed by atoms with Crippen molar-refractivity contribution < 1.29 is 13.2 Å². The van der Waals surface area contributed by atoms with E-state index in [-0.39, 0.29) is 10.8 Å². The van der Waals surface area contributed by atoms with Gasteiger partial charge >= 0.3 is 0 Å². The van der Waals surface area contributed by atoms with E-state index in [0.717, 1.165) is 25.9 Å². The largest absolute Gasteiger partial charge is 0.345 e. The average Bonchev–Trinajstić information content (AvgIpc) is 2.81. The lowest BCUT2D eigenvalue weighted by atomic mass is 10.00. The highest BCUT2D eigenvalue weighted by atomic mass is 32.2. The van der Waals surface area contributed by atoms with Gasteiger partial charge in [-0.3, -0.25) is 4.79 Å². The second-order valence-corrected chi connectivity index (χ2v) is 7.26. The molecule has 0 unspecified atom stereocenters. The molecule has 1 aliphatic heterocycles. The first-order chi connectivity index (χ1) is 9.35. The molecule has 2 rings (SSSR count). The quantitative estimate of drug-likeness (QED) is 0.897. The van der Waals surface area contributed by atoms with Gasteiger partial charge in [0.15, 0.2) is 0 Å². The molecule has 0 bridgehead atoms. The van der Waals surface area contributed by atoms with Crippen molar-refractivity contribution in [2.24, 2.45) is 13.0 Å². The molecule has 2 heterocycles. The third kappa shape index (κ3) is 2.88. The molecule has 1 saturated heterocycles. The van der Waals surface area contributed by atoms with E-state index in [1.165, 1.54) is 19.3 Å². The minimum atomic E-state index is -3.52. The lowest BCUT2D eigenvalue weighted by Crippen LogP contribution is -2.39. The van der Waals surface area contributed by atoms with Crippen molar-refractivity contribution in [2.75, 3.05) is 20.1 Å². The summed E-state index contributed by atoms with van der Waals surface area (Å²) in [7, 11) is -0.469. The van der Waals surface area contributed by atoms with Crippen molar-refractivity contribution >= 4 is 15.9 Å². The smallest absolute Gasteiger partial charge is 0.270 e. The summed E-state index contributed by atoms with van der Waals surface area (Å²) in [6.07, 6.45) is 3.60. The van der Waals surface area contributed by atoms with E-state index in [0.29, 0.717) is 11.6 Å². The summed E-state index contributed by atoms with van der Waals surface area (Å²) < 4.78 is 27.4. The van der Waals surface area contributed by atoms with Gasteiger partial charge in [-0.25, -0.2) is 13.1 Å². The summed E-state index contributed by atoms with van der Waals surface area (Å²) in [5.41, 5.74) is 0.410. The van der Waals surface area contributed by atoms with Crippen LogP contribution in [0.1, 0.15) is 30.3 Å². The van der Waals surface area contributed by atoms with Crippen LogP contribution < -0.4 is 4.72 Å². The van der Waals surface area contributed by atoms with Gasteiger partial charge in [0.25, 0.3) is 5.91 Å². The maximum atomic E-state index is 12.5. The van der Waals surface area contributed by atoms with E-state index in [9.17, 15) is 13.2 Å². The number of aryl methyl sites for hydroxylation is 1. The molecule has 1 fully saturated rings. The highest BCUT2D eigenvalue weighted by Gasteiger charge is 2.25. The number of likely N-dealkylation sites (tertiary alicyclic amines) is 1. The molecular formula is C13H21N3O3S. The van der Waals surface area contributed by atoms with Gasteiger partial charge in [0, 0.05) is 26.3 Å². The van der Waals surface area contributed by atoms with Gasteiger partial charge in [0.1, 0.15) is 10.6 Å². The molecule has 1 aliphatic rings. The number of amides is 1. The zero-order valence-corrected chi connectivity index (χ0v) is 12.9. The summed E-state index contributed by atoms with van der Waals surface area (Å²) in [6.45, 7) is 3.60. The van der Waals surface area contributed by atoms with Gasteiger partial charge in [-0.05, 0) is 31.9 Å². The average molecular weight is 299 g/mol. The number of hydrogen-bond acceptors (Lipinski definition) is 3. The van der Waals surface area contributed by atoms with Crippen LogP contribution >= 0.6 is 0 Å². The Labute approximate surface area is 119 Å². The molecule has 7 heteroatoms. The first-order valence-corrected chi connectivity index (χ1v) is 8.22. The third-order valence-corrected chi connectivity index (χ3v) is 5.10. The van der Waals surface area contributed by atoms with Crippen LogP contribution in [0.2, 0.25) is 0 Å². The fraction of sp³-hybridized carbons (Fsp3) is 0.615. The van der Waals surface area contributed by atoms with Crippen LogP contribution in [0.25, 0.3) is 0 Å². The van der Waals surface area contributed by atoms with Crippen molar-refractivity contribution in [2.45, 2.75) is 24.7 Å². The number of sulfonamides is 1. The SMILES string of the molecule is CNS(=O)(=O)c1cc(C(=O)N2CCC[C@H](C)C2)n(C)c1. The zero-order chi connectivity index (χ0) is 14.9. The predicted octanol–water partition coefficient (Wildman–Crippen LogP) is 0.805. The van der Waals surface area contributed by atoms with Gasteiger partial charge in [-0.2, -0.15) is 0 Å². The number of nitrogens with zero attached hydrogens (tertiary/aromatic N) is 2. The number of carbonyl (C=O) groups excluding carboxylic acids is 1. The minimum absolute atomic E-state index is 0.100. The normalized spacial score (nSPS) is 20.1. The summed E-state index contributed by atoms with van der Waals surface area (Å²) in [6, 6.07) is 1.44. The van der Waals surface area contributed by atoms with Crippen LogP contribution in [-0.2, 0) is 17.1 Å². The molecule has 1 atom stereocenters. The molecule has 0 aromatic carbocycles. The molecule has 112 valence electrons. The monoisotopic (exact) mass is 299 g/mol. The minimum Gasteiger partial charge on any atom is -0.345 e. The highest BCUT2D eigenvalue weighted by molar-refractivity contribution is 7.89. The Kier molecular flexibility index (Phi) is 4.19. The van der Waals surface area contributed by atoms with Crippen LogP contribution in [0.4, 0.5) is 0 Å². The van der Waals surface area contributed by atoms with Crippen LogP contribution in [0.3, 0.4) is 0 Å². The molecule has 0 saturated carbocycles. The Morgan fingerprint density at radius 2 is 2.15 bits per heavy atom. The molecule has 0 radical (unpaired) electrons. The lowest BCUT2D eigenvalue weighted by molar-refractivity contribution is 0.0673. The maximum Gasteiger partial charge on any atom is 0.270 e. The van der Waals surface area contributed by atoms with Gasteiger partial charge < -0.3 is 9.47 Å². The van der Waals surface area contributed by atoms with Gasteiger partial charge in [-0.1, -0.05) is 6.92 Å². The van der Waals surface area contributed by atoms with Crippen LogP contribution in [0.15, 0.2) is 17.2 Å². The second-order valence-electron chi connectivity index (χ2n) is 5.38. The molecule has 1 N–H and O–H groups in total. The van der Waals surface area contributed by atoms with Crippen LogP contribution in [0, 0.1) is 5.92 Å². The van der Waals surface area contributed by atoms with Crippen LogP contribution in [-0.4, -0.2) is 43.9 Å².